The van der Waals surface area contributed by atoms with Crippen LogP contribution in [0.2, 0.25) is 10.0 Å². The lowest BCUT2D eigenvalue weighted by Gasteiger charge is -2.12. The summed E-state index contributed by atoms with van der Waals surface area (Å²) in [4.78, 5) is 26.8. The molecule has 0 atom stereocenters. The molecule has 0 aliphatic rings. The fourth-order valence-corrected chi connectivity index (χ4v) is 3.95. The van der Waals surface area contributed by atoms with Crippen molar-refractivity contribution < 1.29 is 13.2 Å². The molecule has 1 heterocycles. The number of amides is 1. The molecule has 6 nitrogen and oxygen atoms in total. The van der Waals surface area contributed by atoms with E-state index in [1.54, 1.807) is 6.07 Å². The number of aromatic nitrogens is 1. The Morgan fingerprint density at radius 3 is 2.54 bits per heavy atom. The normalized spacial score (nSPS) is 11.5. The maximum Gasteiger partial charge on any atom is 0.258 e. The highest BCUT2D eigenvalue weighted by molar-refractivity contribution is 7.90. The van der Waals surface area contributed by atoms with E-state index in [1.165, 1.54) is 36.5 Å². The highest BCUT2D eigenvalue weighted by Gasteiger charge is 2.22. The molecule has 1 aromatic heterocycles. The second-order valence-corrected chi connectivity index (χ2v) is 8.36. The molecule has 0 spiro atoms. The number of carbonyl (C=O) groups excluding carboxylic acids is 1. The molecule has 0 aliphatic heterocycles. The van der Waals surface area contributed by atoms with Crippen LogP contribution in [0.4, 0.5) is 5.69 Å². The van der Waals surface area contributed by atoms with Crippen LogP contribution in [0.15, 0.2) is 52.3 Å². The minimum atomic E-state index is -3.67. The molecule has 9 heteroatoms. The van der Waals surface area contributed by atoms with Gasteiger partial charge in [-0.25, -0.2) is 8.42 Å². The Balaban J connectivity index is 2.09. The summed E-state index contributed by atoms with van der Waals surface area (Å²) in [7, 11) is -3.67. The van der Waals surface area contributed by atoms with Crippen molar-refractivity contribution in [1.82, 2.24) is 4.98 Å². The molecular weight excluding hydrogens is 399 g/mol. The first kappa shape index (κ1) is 18.4. The number of hydrogen-bond acceptors (Lipinski definition) is 4. The van der Waals surface area contributed by atoms with E-state index in [-0.39, 0.29) is 31.8 Å². The summed E-state index contributed by atoms with van der Waals surface area (Å²) < 4.78 is 23.9. The number of halogens is 2. The van der Waals surface area contributed by atoms with Crippen LogP contribution in [-0.4, -0.2) is 25.6 Å². The average molecular weight is 411 g/mol. The van der Waals surface area contributed by atoms with Gasteiger partial charge in [-0.15, -0.1) is 0 Å². The van der Waals surface area contributed by atoms with Gasteiger partial charge in [-0.05, 0) is 35.7 Å². The van der Waals surface area contributed by atoms with Crippen LogP contribution >= 0.6 is 23.2 Å². The lowest BCUT2D eigenvalue weighted by atomic mass is 10.1. The molecule has 3 rings (SSSR count). The number of aromatic amines is 1. The van der Waals surface area contributed by atoms with Gasteiger partial charge >= 0.3 is 0 Å². The van der Waals surface area contributed by atoms with Crippen LogP contribution in [0.3, 0.4) is 0 Å². The summed E-state index contributed by atoms with van der Waals surface area (Å²) >= 11 is 12.2. The Bertz CT molecular complexity index is 1200. The number of pyridine rings is 1. The van der Waals surface area contributed by atoms with Crippen molar-refractivity contribution in [2.75, 3.05) is 11.6 Å². The highest BCUT2D eigenvalue weighted by atomic mass is 35.5. The molecule has 0 saturated carbocycles. The fourth-order valence-electron chi connectivity index (χ4n) is 2.52. The molecule has 134 valence electrons. The molecular formula is C17H12Cl2N2O4S. The Kier molecular flexibility index (Phi) is 4.79. The SMILES string of the molecule is CS(=O)(=O)c1cccc(Cl)c1C(=O)Nc1cc2cc[nH]c(=O)c2cc1Cl. The predicted octanol–water partition coefficient (Wildman–Crippen LogP) is 3.49. The zero-order valence-corrected chi connectivity index (χ0v) is 15.7. The molecule has 2 N–H and O–H groups in total. The van der Waals surface area contributed by atoms with E-state index in [0.29, 0.717) is 10.8 Å². The number of carbonyl (C=O) groups is 1. The molecule has 0 radical (unpaired) electrons. The van der Waals surface area contributed by atoms with E-state index in [4.69, 9.17) is 23.2 Å². The van der Waals surface area contributed by atoms with E-state index in [9.17, 15) is 18.0 Å². The maximum atomic E-state index is 12.7. The maximum absolute atomic E-state index is 12.7. The lowest BCUT2D eigenvalue weighted by Crippen LogP contribution is -2.17. The van der Waals surface area contributed by atoms with Crippen molar-refractivity contribution in [2.24, 2.45) is 0 Å². The Morgan fingerprint density at radius 1 is 1.12 bits per heavy atom. The molecule has 0 fully saturated rings. The minimum absolute atomic E-state index is 0.00113. The summed E-state index contributed by atoms with van der Waals surface area (Å²) in [6.07, 6.45) is 2.46. The van der Waals surface area contributed by atoms with Crippen LogP contribution in [-0.2, 0) is 9.84 Å². The van der Waals surface area contributed by atoms with Crippen molar-refractivity contribution in [3.05, 3.63) is 68.6 Å². The number of rotatable bonds is 3. The third-order valence-electron chi connectivity index (χ3n) is 3.71. The number of nitrogens with one attached hydrogen (secondary N) is 2. The molecule has 0 aliphatic carbocycles. The van der Waals surface area contributed by atoms with E-state index in [2.05, 4.69) is 10.3 Å². The van der Waals surface area contributed by atoms with Gasteiger partial charge in [0.2, 0.25) is 0 Å². The molecule has 1 amide bonds. The van der Waals surface area contributed by atoms with E-state index < -0.39 is 15.7 Å². The van der Waals surface area contributed by atoms with Crippen molar-refractivity contribution in [1.29, 1.82) is 0 Å². The molecule has 0 saturated heterocycles. The lowest BCUT2D eigenvalue weighted by molar-refractivity contribution is 0.102. The van der Waals surface area contributed by atoms with Crippen LogP contribution in [0, 0.1) is 0 Å². The van der Waals surface area contributed by atoms with Gasteiger partial charge in [-0.3, -0.25) is 9.59 Å². The number of anilines is 1. The summed E-state index contributed by atoms with van der Waals surface area (Å²) in [5.74, 6) is -0.720. The summed E-state index contributed by atoms with van der Waals surface area (Å²) in [5, 5.41) is 3.62. The largest absolute Gasteiger partial charge is 0.329 e. The monoisotopic (exact) mass is 410 g/mol. The van der Waals surface area contributed by atoms with E-state index >= 15 is 0 Å². The van der Waals surface area contributed by atoms with Gasteiger partial charge in [0.15, 0.2) is 9.84 Å². The zero-order chi connectivity index (χ0) is 19.1. The minimum Gasteiger partial charge on any atom is -0.329 e. The zero-order valence-electron chi connectivity index (χ0n) is 13.3. The second kappa shape index (κ2) is 6.75. The summed E-state index contributed by atoms with van der Waals surface area (Å²) in [5.41, 5.74) is -0.249. The number of hydrogen-bond donors (Lipinski definition) is 2. The molecule has 2 aromatic carbocycles. The summed E-state index contributed by atoms with van der Waals surface area (Å²) in [6.45, 7) is 0. The van der Waals surface area contributed by atoms with Crippen molar-refractivity contribution in [2.45, 2.75) is 4.90 Å². The molecule has 3 aromatic rings. The van der Waals surface area contributed by atoms with Crippen LogP contribution < -0.4 is 10.9 Å². The van der Waals surface area contributed by atoms with Crippen molar-refractivity contribution >= 4 is 55.4 Å². The number of H-pyrrole nitrogens is 1. The number of benzene rings is 2. The van der Waals surface area contributed by atoms with Gasteiger partial charge in [0.25, 0.3) is 11.5 Å². The van der Waals surface area contributed by atoms with Gasteiger partial charge < -0.3 is 10.3 Å². The standard InChI is InChI=1S/C17H12Cl2N2O4S/c1-26(24,25)14-4-2-3-11(18)15(14)17(23)21-13-7-9-5-6-20-16(22)10(9)8-12(13)19/h2-8H,1H3,(H,20,22)(H,21,23). The molecule has 0 unspecified atom stereocenters. The fraction of sp³-hybridized carbons (Fsp3) is 0.0588. The van der Waals surface area contributed by atoms with E-state index in [0.717, 1.165) is 6.26 Å². The highest BCUT2D eigenvalue weighted by Crippen LogP contribution is 2.29. The van der Waals surface area contributed by atoms with Crippen LogP contribution in [0.5, 0.6) is 0 Å². The number of fused-ring (bicyclic) bond motifs is 1. The van der Waals surface area contributed by atoms with Gasteiger partial charge in [-0.2, -0.15) is 0 Å². The van der Waals surface area contributed by atoms with Crippen molar-refractivity contribution in [3.8, 4) is 0 Å². The third-order valence-corrected chi connectivity index (χ3v) is 5.48. The van der Waals surface area contributed by atoms with Gasteiger partial charge in [-0.1, -0.05) is 29.3 Å². The topological polar surface area (TPSA) is 96.1 Å². The Hall–Kier alpha value is -2.35. The third kappa shape index (κ3) is 3.46. The van der Waals surface area contributed by atoms with E-state index in [1.807, 2.05) is 0 Å². The first-order valence-electron chi connectivity index (χ1n) is 7.29. The molecule has 0 bridgehead atoms. The van der Waals surface area contributed by atoms with Gasteiger partial charge in [0.1, 0.15) is 0 Å². The molecule has 26 heavy (non-hydrogen) atoms. The Labute approximate surface area is 158 Å². The smallest absolute Gasteiger partial charge is 0.258 e. The predicted molar refractivity (Wildman–Crippen MR) is 102 cm³/mol. The van der Waals surface area contributed by atoms with Crippen molar-refractivity contribution in [3.63, 3.8) is 0 Å². The van der Waals surface area contributed by atoms with Gasteiger partial charge in [0, 0.05) is 17.8 Å². The quantitative estimate of drug-likeness (QED) is 0.690. The summed E-state index contributed by atoms with van der Waals surface area (Å²) in [6, 6.07) is 8.78. The first-order chi connectivity index (χ1) is 12.2. The van der Waals surface area contributed by atoms with Crippen LogP contribution in [0.25, 0.3) is 10.8 Å². The Morgan fingerprint density at radius 2 is 1.85 bits per heavy atom. The first-order valence-corrected chi connectivity index (χ1v) is 9.94. The van der Waals surface area contributed by atoms with Gasteiger partial charge in [0.05, 0.1) is 26.2 Å². The average Bonchev–Trinajstić information content (AvgIpc) is 2.55. The van der Waals surface area contributed by atoms with Crippen LogP contribution in [0.1, 0.15) is 10.4 Å². The number of sulfone groups is 1. The second-order valence-electron chi connectivity index (χ2n) is 5.57.